The second-order valence-corrected chi connectivity index (χ2v) is 10.4. The average molecular weight is 552 g/mol. The molecule has 1 aliphatic rings. The summed E-state index contributed by atoms with van der Waals surface area (Å²) in [4.78, 5) is 41.8. The van der Waals surface area contributed by atoms with Gasteiger partial charge >= 0.3 is 0 Å². The van der Waals surface area contributed by atoms with E-state index < -0.39 is 17.9 Å². The molecule has 3 amide bonds. The maximum atomic E-state index is 14.4. The molecule has 3 aromatic rings. The fraction of sp³-hybridized carbons (Fsp3) is 0.357. The van der Waals surface area contributed by atoms with Crippen LogP contribution in [-0.2, 0) is 4.79 Å². The van der Waals surface area contributed by atoms with E-state index in [4.69, 9.17) is 20.9 Å². The Morgan fingerprint density at radius 1 is 1.08 bits per heavy atom. The number of hydrogen-bond donors (Lipinski definition) is 3. The molecule has 2 aromatic carbocycles. The van der Waals surface area contributed by atoms with Crippen molar-refractivity contribution in [2.45, 2.75) is 51.6 Å². The van der Waals surface area contributed by atoms with Crippen molar-refractivity contribution in [1.29, 1.82) is 0 Å². The van der Waals surface area contributed by atoms with E-state index in [1.54, 1.807) is 24.3 Å². The highest BCUT2D eigenvalue weighted by Crippen LogP contribution is 2.39. The third-order valence-corrected chi connectivity index (χ3v) is 7.78. The number of amides is 3. The third kappa shape index (κ3) is 5.68. The van der Waals surface area contributed by atoms with Gasteiger partial charge in [0.15, 0.2) is 5.69 Å². The van der Waals surface area contributed by atoms with E-state index in [-0.39, 0.29) is 28.2 Å². The van der Waals surface area contributed by atoms with Crippen LogP contribution in [0.3, 0.4) is 0 Å². The van der Waals surface area contributed by atoms with E-state index in [2.05, 4.69) is 9.69 Å². The van der Waals surface area contributed by atoms with Crippen molar-refractivity contribution >= 4 is 40.6 Å². The minimum atomic E-state index is -1.16. The zero-order valence-corrected chi connectivity index (χ0v) is 23.3. The first-order valence-electron chi connectivity index (χ1n) is 12.6. The number of anilines is 2. The van der Waals surface area contributed by atoms with Gasteiger partial charge < -0.3 is 26.3 Å². The number of hydrogen-bond acceptors (Lipinski definition) is 8. The molecule has 1 saturated carbocycles. The lowest BCUT2D eigenvalue weighted by molar-refractivity contribution is -0.123. The Morgan fingerprint density at radius 3 is 2.38 bits per heavy atom. The Hall–Kier alpha value is -4.12. The SMILES string of the molecule is COc1ccc(OC)c([C@@H](C(=O)NC2CCCC2)N(C(=O)c2snc(C(N)=O)c2N)c2ccc(C)cc2C)c1. The van der Waals surface area contributed by atoms with Crippen molar-refractivity contribution in [2.24, 2.45) is 5.73 Å². The van der Waals surface area contributed by atoms with Gasteiger partial charge in [0, 0.05) is 17.3 Å². The summed E-state index contributed by atoms with van der Waals surface area (Å²) in [6.07, 6.45) is 3.75. The van der Waals surface area contributed by atoms with Gasteiger partial charge in [-0.15, -0.1) is 0 Å². The van der Waals surface area contributed by atoms with Crippen LogP contribution in [0.5, 0.6) is 11.5 Å². The zero-order valence-electron chi connectivity index (χ0n) is 22.4. The van der Waals surface area contributed by atoms with E-state index in [0.29, 0.717) is 22.7 Å². The number of nitrogens with one attached hydrogen (secondary N) is 1. The number of aromatic nitrogens is 1. The monoisotopic (exact) mass is 551 g/mol. The molecule has 0 aliphatic heterocycles. The highest BCUT2D eigenvalue weighted by molar-refractivity contribution is 7.09. The van der Waals surface area contributed by atoms with Crippen molar-refractivity contribution in [2.75, 3.05) is 24.9 Å². The molecule has 0 spiro atoms. The number of carbonyl (C=O) groups excluding carboxylic acids is 3. The lowest BCUT2D eigenvalue weighted by atomic mass is 9.98. The molecule has 1 aliphatic carbocycles. The molecular weight excluding hydrogens is 518 g/mol. The van der Waals surface area contributed by atoms with Gasteiger partial charge in [0.05, 0.1) is 19.9 Å². The molecule has 11 heteroatoms. The number of primary amides is 1. The molecule has 1 heterocycles. The van der Waals surface area contributed by atoms with E-state index in [9.17, 15) is 14.4 Å². The molecule has 39 heavy (non-hydrogen) atoms. The summed E-state index contributed by atoms with van der Waals surface area (Å²) in [5.41, 5.74) is 14.0. The van der Waals surface area contributed by atoms with Gasteiger partial charge in [0.25, 0.3) is 11.8 Å². The molecule has 206 valence electrons. The number of aryl methyl sites for hydroxylation is 2. The molecule has 0 radical (unpaired) electrons. The fourth-order valence-corrected chi connectivity index (χ4v) is 5.72. The van der Waals surface area contributed by atoms with Crippen molar-refractivity contribution in [1.82, 2.24) is 9.69 Å². The van der Waals surface area contributed by atoms with Crippen LogP contribution < -0.4 is 31.2 Å². The minimum Gasteiger partial charge on any atom is -0.497 e. The summed E-state index contributed by atoms with van der Waals surface area (Å²) in [6, 6.07) is 9.51. The summed E-state index contributed by atoms with van der Waals surface area (Å²) < 4.78 is 15.1. The normalized spacial score (nSPS) is 14.1. The summed E-state index contributed by atoms with van der Waals surface area (Å²) in [7, 11) is 3.02. The van der Waals surface area contributed by atoms with Crippen LogP contribution in [0, 0.1) is 13.8 Å². The van der Waals surface area contributed by atoms with Crippen LogP contribution in [0.4, 0.5) is 11.4 Å². The highest BCUT2D eigenvalue weighted by Gasteiger charge is 2.39. The molecule has 0 unspecified atom stereocenters. The summed E-state index contributed by atoms with van der Waals surface area (Å²) in [5.74, 6) is -0.919. The number of nitrogen functional groups attached to an aromatic ring is 1. The van der Waals surface area contributed by atoms with E-state index in [0.717, 1.165) is 48.3 Å². The van der Waals surface area contributed by atoms with Gasteiger partial charge in [-0.2, -0.15) is 4.37 Å². The van der Waals surface area contributed by atoms with Crippen LogP contribution >= 0.6 is 11.5 Å². The smallest absolute Gasteiger partial charge is 0.273 e. The van der Waals surface area contributed by atoms with Crippen LogP contribution in [0.2, 0.25) is 0 Å². The summed E-state index contributed by atoms with van der Waals surface area (Å²) in [5, 5.41) is 3.14. The molecule has 10 nitrogen and oxygen atoms in total. The van der Waals surface area contributed by atoms with Gasteiger partial charge in [0.1, 0.15) is 22.4 Å². The predicted molar refractivity (Wildman–Crippen MR) is 150 cm³/mol. The molecule has 5 N–H and O–H groups in total. The largest absolute Gasteiger partial charge is 0.497 e. The van der Waals surface area contributed by atoms with E-state index in [1.807, 2.05) is 26.0 Å². The standard InChI is InChI=1S/C28H33N5O5S/c1-15-9-11-20(16(2)13-15)33(28(36)25-22(29)23(26(30)34)32-39-25)24(27(35)31-17-7-5-6-8-17)19-14-18(37-3)10-12-21(19)38-4/h9-14,17,24H,5-8,29H2,1-4H3,(H2,30,34)(H,31,35)/t24-/m0/s1. The van der Waals surface area contributed by atoms with Gasteiger partial charge in [-0.1, -0.05) is 30.5 Å². The average Bonchev–Trinajstić information content (AvgIpc) is 3.56. The van der Waals surface area contributed by atoms with Crippen molar-refractivity contribution < 1.29 is 23.9 Å². The summed E-state index contributed by atoms with van der Waals surface area (Å²) in [6.45, 7) is 3.81. The Balaban J connectivity index is 1.96. The van der Waals surface area contributed by atoms with Crippen molar-refractivity contribution in [3.8, 4) is 11.5 Å². The fourth-order valence-electron chi connectivity index (χ4n) is 4.98. The maximum Gasteiger partial charge on any atom is 0.273 e. The second-order valence-electron chi connectivity index (χ2n) is 9.60. The number of nitrogens with zero attached hydrogens (tertiary/aromatic N) is 2. The lowest BCUT2D eigenvalue weighted by Gasteiger charge is -2.34. The van der Waals surface area contributed by atoms with Gasteiger partial charge in [0.2, 0.25) is 5.91 Å². The molecular formula is C28H33N5O5S. The van der Waals surface area contributed by atoms with Crippen LogP contribution in [0.15, 0.2) is 36.4 Å². The Kier molecular flexibility index (Phi) is 8.39. The molecule has 1 atom stereocenters. The first kappa shape index (κ1) is 27.9. The number of ether oxygens (including phenoxy) is 2. The minimum absolute atomic E-state index is 0.00399. The second kappa shape index (κ2) is 11.7. The number of nitrogens with two attached hydrogens (primary N) is 2. The molecule has 1 aromatic heterocycles. The van der Waals surface area contributed by atoms with E-state index in [1.165, 1.54) is 19.1 Å². The first-order chi connectivity index (χ1) is 18.7. The molecule has 0 saturated heterocycles. The highest BCUT2D eigenvalue weighted by atomic mass is 32.1. The van der Waals surface area contributed by atoms with Crippen LogP contribution in [-0.4, -0.2) is 42.4 Å². The van der Waals surface area contributed by atoms with Gasteiger partial charge in [-0.25, -0.2) is 0 Å². The number of methoxy groups -OCH3 is 2. The number of carbonyl (C=O) groups is 3. The Labute approximate surface area is 231 Å². The molecule has 0 bridgehead atoms. The van der Waals surface area contributed by atoms with E-state index >= 15 is 0 Å². The maximum absolute atomic E-state index is 14.4. The first-order valence-corrected chi connectivity index (χ1v) is 13.4. The Bertz CT molecular complexity index is 1400. The van der Waals surface area contributed by atoms with Gasteiger partial charge in [-0.3, -0.25) is 19.3 Å². The third-order valence-electron chi connectivity index (χ3n) is 6.93. The Morgan fingerprint density at radius 2 is 1.79 bits per heavy atom. The van der Waals surface area contributed by atoms with Crippen LogP contribution in [0.25, 0.3) is 0 Å². The summed E-state index contributed by atoms with van der Waals surface area (Å²) >= 11 is 0.765. The zero-order chi connectivity index (χ0) is 28.3. The lowest BCUT2D eigenvalue weighted by Crippen LogP contribution is -2.46. The van der Waals surface area contributed by atoms with Crippen molar-refractivity contribution in [3.05, 3.63) is 63.7 Å². The van der Waals surface area contributed by atoms with Crippen molar-refractivity contribution in [3.63, 3.8) is 0 Å². The molecule has 1 fully saturated rings. The van der Waals surface area contributed by atoms with Crippen LogP contribution in [0.1, 0.15) is 68.6 Å². The van der Waals surface area contributed by atoms with Gasteiger partial charge in [-0.05, 0) is 68.1 Å². The quantitative estimate of drug-likeness (QED) is 0.365. The number of benzene rings is 2. The predicted octanol–water partition coefficient (Wildman–Crippen LogP) is 3.91. The number of rotatable bonds is 9. The molecule has 4 rings (SSSR count). The topological polar surface area (TPSA) is 150 Å².